The maximum Gasteiger partial charge on any atom is 0.0469 e. The van der Waals surface area contributed by atoms with Gasteiger partial charge in [-0.2, -0.15) is 0 Å². The molecule has 1 aliphatic rings. The lowest BCUT2D eigenvalue weighted by Gasteiger charge is -2.22. The molecule has 0 spiro atoms. The van der Waals surface area contributed by atoms with Crippen LogP contribution in [-0.4, -0.2) is 19.8 Å². The van der Waals surface area contributed by atoms with E-state index in [0.717, 1.165) is 54.8 Å². The van der Waals surface area contributed by atoms with E-state index in [9.17, 15) is 0 Å². The number of hydrogen-bond acceptors (Lipinski definition) is 2. The fraction of sp³-hybridized carbons (Fsp3) is 0.538. The molecule has 0 saturated carbocycles. The Labute approximate surface area is 112 Å². The molecule has 1 aromatic carbocycles. The van der Waals surface area contributed by atoms with Crippen LogP contribution < -0.4 is 5.32 Å². The molecular weight excluding hydrogens is 257 g/mol. The quantitative estimate of drug-likeness (QED) is 0.907. The van der Waals surface area contributed by atoms with Crippen LogP contribution in [-0.2, 0) is 11.3 Å². The van der Waals surface area contributed by atoms with Gasteiger partial charge in [0.2, 0.25) is 0 Å². The second-order valence-corrected chi connectivity index (χ2v) is 5.20. The first-order valence-electron chi connectivity index (χ1n) is 5.98. The molecule has 0 radical (unpaired) electrons. The minimum absolute atomic E-state index is 0.713. The van der Waals surface area contributed by atoms with Crippen molar-refractivity contribution in [2.75, 3.05) is 19.8 Å². The van der Waals surface area contributed by atoms with Crippen molar-refractivity contribution in [1.29, 1.82) is 0 Å². The third-order valence-electron chi connectivity index (χ3n) is 3.14. The number of rotatable bonds is 4. The maximum atomic E-state index is 6.11. The van der Waals surface area contributed by atoms with E-state index in [1.54, 1.807) is 0 Å². The highest BCUT2D eigenvalue weighted by Crippen LogP contribution is 2.24. The van der Waals surface area contributed by atoms with Crippen LogP contribution >= 0.6 is 23.2 Å². The minimum Gasteiger partial charge on any atom is -0.381 e. The molecule has 1 saturated heterocycles. The molecule has 4 heteroatoms. The summed E-state index contributed by atoms with van der Waals surface area (Å²) in [4.78, 5) is 0. The summed E-state index contributed by atoms with van der Waals surface area (Å²) in [7, 11) is 0. The van der Waals surface area contributed by atoms with Crippen LogP contribution in [0.3, 0.4) is 0 Å². The van der Waals surface area contributed by atoms with Gasteiger partial charge in [0, 0.05) is 35.4 Å². The Morgan fingerprint density at radius 3 is 2.47 bits per heavy atom. The predicted molar refractivity (Wildman–Crippen MR) is 71.7 cm³/mol. The Morgan fingerprint density at radius 1 is 1.18 bits per heavy atom. The van der Waals surface area contributed by atoms with Crippen LogP contribution in [0.5, 0.6) is 0 Å². The Balaban J connectivity index is 1.81. The highest BCUT2D eigenvalue weighted by atomic mass is 35.5. The lowest BCUT2D eigenvalue weighted by Crippen LogP contribution is -2.27. The fourth-order valence-corrected chi connectivity index (χ4v) is 2.58. The third-order valence-corrected chi connectivity index (χ3v) is 3.85. The highest BCUT2D eigenvalue weighted by Gasteiger charge is 2.13. The Kier molecular flexibility index (Phi) is 5.11. The van der Waals surface area contributed by atoms with Crippen LogP contribution in [0.1, 0.15) is 18.4 Å². The van der Waals surface area contributed by atoms with E-state index in [2.05, 4.69) is 5.32 Å². The van der Waals surface area contributed by atoms with Crippen molar-refractivity contribution < 1.29 is 4.74 Å². The molecule has 1 aliphatic heterocycles. The molecule has 17 heavy (non-hydrogen) atoms. The van der Waals surface area contributed by atoms with E-state index >= 15 is 0 Å². The van der Waals surface area contributed by atoms with Crippen molar-refractivity contribution >= 4 is 23.2 Å². The Bertz CT molecular complexity index is 344. The summed E-state index contributed by atoms with van der Waals surface area (Å²) in [5.74, 6) is 0.713. The summed E-state index contributed by atoms with van der Waals surface area (Å²) in [6, 6.07) is 5.62. The van der Waals surface area contributed by atoms with Crippen LogP contribution in [0.25, 0.3) is 0 Å². The topological polar surface area (TPSA) is 21.3 Å². The van der Waals surface area contributed by atoms with E-state index < -0.39 is 0 Å². The highest BCUT2D eigenvalue weighted by molar-refractivity contribution is 6.35. The maximum absolute atomic E-state index is 6.11. The zero-order valence-electron chi connectivity index (χ0n) is 9.72. The third kappa shape index (κ3) is 3.85. The number of benzene rings is 1. The van der Waals surface area contributed by atoms with Gasteiger partial charge in [0.15, 0.2) is 0 Å². The van der Waals surface area contributed by atoms with Gasteiger partial charge in [0.1, 0.15) is 0 Å². The monoisotopic (exact) mass is 273 g/mol. The number of ether oxygens (including phenoxy) is 1. The lowest BCUT2D eigenvalue weighted by molar-refractivity contribution is 0.0662. The van der Waals surface area contributed by atoms with Gasteiger partial charge in [-0.3, -0.25) is 0 Å². The first-order chi connectivity index (χ1) is 8.27. The second kappa shape index (κ2) is 6.60. The molecule has 0 bridgehead atoms. The number of hydrogen-bond donors (Lipinski definition) is 1. The smallest absolute Gasteiger partial charge is 0.0469 e. The van der Waals surface area contributed by atoms with Crippen LogP contribution in [0.15, 0.2) is 18.2 Å². The van der Waals surface area contributed by atoms with Gasteiger partial charge < -0.3 is 10.1 Å². The van der Waals surface area contributed by atoms with Crippen LogP contribution in [0.4, 0.5) is 0 Å². The van der Waals surface area contributed by atoms with Crippen molar-refractivity contribution in [2.24, 2.45) is 5.92 Å². The minimum atomic E-state index is 0.713. The number of nitrogens with one attached hydrogen (secondary N) is 1. The van der Waals surface area contributed by atoms with Crippen molar-refractivity contribution in [3.05, 3.63) is 33.8 Å². The van der Waals surface area contributed by atoms with Crippen molar-refractivity contribution in [1.82, 2.24) is 5.32 Å². The van der Waals surface area contributed by atoms with Gasteiger partial charge >= 0.3 is 0 Å². The van der Waals surface area contributed by atoms with Crippen molar-refractivity contribution in [3.8, 4) is 0 Å². The van der Waals surface area contributed by atoms with Crippen molar-refractivity contribution in [3.63, 3.8) is 0 Å². The van der Waals surface area contributed by atoms with Crippen LogP contribution in [0.2, 0.25) is 10.0 Å². The molecule has 2 nitrogen and oxygen atoms in total. The van der Waals surface area contributed by atoms with Crippen molar-refractivity contribution in [2.45, 2.75) is 19.4 Å². The Hall–Kier alpha value is -0.280. The molecular formula is C13H17Cl2NO. The number of halogens is 2. The molecule has 1 N–H and O–H groups in total. The normalized spacial score (nSPS) is 17.3. The SMILES string of the molecule is Clc1cccc(Cl)c1CNCC1CCOCC1. The zero-order chi connectivity index (χ0) is 12.1. The first kappa shape index (κ1) is 13.2. The van der Waals surface area contributed by atoms with Gasteiger partial charge in [0.25, 0.3) is 0 Å². The molecule has 0 unspecified atom stereocenters. The zero-order valence-corrected chi connectivity index (χ0v) is 11.2. The largest absolute Gasteiger partial charge is 0.381 e. The molecule has 94 valence electrons. The summed E-state index contributed by atoms with van der Waals surface area (Å²) in [5, 5.41) is 4.90. The van der Waals surface area contributed by atoms with Gasteiger partial charge in [-0.15, -0.1) is 0 Å². The summed E-state index contributed by atoms with van der Waals surface area (Å²) in [5.41, 5.74) is 0.989. The molecule has 0 atom stereocenters. The summed E-state index contributed by atoms with van der Waals surface area (Å²) in [6.45, 7) is 3.51. The van der Waals surface area contributed by atoms with Gasteiger partial charge in [0.05, 0.1) is 0 Å². The van der Waals surface area contributed by atoms with E-state index in [-0.39, 0.29) is 0 Å². The molecule has 1 heterocycles. The van der Waals surface area contributed by atoms with Gasteiger partial charge in [-0.25, -0.2) is 0 Å². The summed E-state index contributed by atoms with van der Waals surface area (Å²) < 4.78 is 5.33. The molecule has 0 aromatic heterocycles. The standard InChI is InChI=1S/C13H17Cl2NO/c14-12-2-1-3-13(15)11(12)9-16-8-10-4-6-17-7-5-10/h1-3,10,16H,4-9H2. The fourth-order valence-electron chi connectivity index (χ4n) is 2.05. The predicted octanol–water partition coefficient (Wildman–Crippen LogP) is 3.51. The summed E-state index contributed by atoms with van der Waals surface area (Å²) >= 11 is 12.2. The van der Waals surface area contributed by atoms with Gasteiger partial charge in [-0.05, 0) is 37.4 Å². The Morgan fingerprint density at radius 2 is 1.82 bits per heavy atom. The van der Waals surface area contributed by atoms with Gasteiger partial charge in [-0.1, -0.05) is 29.3 Å². The molecule has 0 amide bonds. The first-order valence-corrected chi connectivity index (χ1v) is 6.74. The second-order valence-electron chi connectivity index (χ2n) is 4.39. The average Bonchev–Trinajstić information content (AvgIpc) is 2.34. The van der Waals surface area contributed by atoms with E-state index in [1.807, 2.05) is 18.2 Å². The molecule has 0 aliphatic carbocycles. The molecule has 1 aromatic rings. The van der Waals surface area contributed by atoms with E-state index in [1.165, 1.54) is 0 Å². The molecule has 2 rings (SSSR count). The summed E-state index contributed by atoms with van der Waals surface area (Å²) in [6.07, 6.45) is 2.28. The van der Waals surface area contributed by atoms with Crippen LogP contribution in [0, 0.1) is 5.92 Å². The van der Waals surface area contributed by atoms with E-state index in [0.29, 0.717) is 5.92 Å². The van der Waals surface area contributed by atoms with E-state index in [4.69, 9.17) is 27.9 Å². The average molecular weight is 274 g/mol. The molecule has 1 fully saturated rings. The lowest BCUT2D eigenvalue weighted by atomic mass is 10.0.